The van der Waals surface area contributed by atoms with Gasteiger partial charge in [-0.05, 0) is 38.3 Å². The summed E-state index contributed by atoms with van der Waals surface area (Å²) in [6, 6.07) is 2.69. The van der Waals surface area contributed by atoms with Crippen molar-refractivity contribution in [3.05, 3.63) is 18.1 Å². The lowest BCUT2D eigenvalue weighted by Gasteiger charge is -2.24. The van der Waals surface area contributed by atoms with Crippen LogP contribution in [-0.2, 0) is 0 Å². The van der Waals surface area contributed by atoms with Crippen LogP contribution >= 0.6 is 0 Å². The van der Waals surface area contributed by atoms with Crippen molar-refractivity contribution >= 4 is 5.82 Å². The zero-order valence-electron chi connectivity index (χ0n) is 9.69. The first kappa shape index (κ1) is 10.0. The van der Waals surface area contributed by atoms with Gasteiger partial charge >= 0.3 is 0 Å². The summed E-state index contributed by atoms with van der Waals surface area (Å²) in [5.74, 6) is 2.76. The topological polar surface area (TPSA) is 41.1 Å². The molecular weight excluding hydrogens is 200 g/mol. The van der Waals surface area contributed by atoms with E-state index in [0.717, 1.165) is 30.6 Å². The van der Waals surface area contributed by atoms with E-state index in [9.17, 15) is 0 Å². The molecule has 0 aromatic carbocycles. The third kappa shape index (κ3) is 1.78. The van der Waals surface area contributed by atoms with Gasteiger partial charge in [0, 0.05) is 25.3 Å². The maximum absolute atomic E-state index is 4.50. The first-order chi connectivity index (χ1) is 7.83. The summed E-state index contributed by atoms with van der Waals surface area (Å²) in [6.07, 6.45) is 4.53. The molecule has 1 aromatic heterocycles. The lowest BCUT2D eigenvalue weighted by molar-refractivity contribution is 0.340. The van der Waals surface area contributed by atoms with Crippen LogP contribution in [0.25, 0.3) is 0 Å². The molecule has 0 saturated carbocycles. The van der Waals surface area contributed by atoms with Crippen LogP contribution in [0.5, 0.6) is 0 Å². The van der Waals surface area contributed by atoms with Gasteiger partial charge in [-0.15, -0.1) is 0 Å². The molecule has 0 bridgehead atoms. The summed E-state index contributed by atoms with van der Waals surface area (Å²) in [7, 11) is 0. The Hall–Kier alpha value is -1.16. The van der Waals surface area contributed by atoms with Crippen molar-refractivity contribution in [2.45, 2.75) is 25.8 Å². The van der Waals surface area contributed by atoms with E-state index in [4.69, 9.17) is 0 Å². The highest BCUT2D eigenvalue weighted by Gasteiger charge is 2.34. The molecule has 2 aliphatic heterocycles. The quantitative estimate of drug-likeness (QED) is 0.762. The van der Waals surface area contributed by atoms with Crippen LogP contribution in [0.2, 0.25) is 0 Å². The van der Waals surface area contributed by atoms with Crippen LogP contribution in [0.15, 0.2) is 12.3 Å². The lowest BCUT2D eigenvalue weighted by atomic mass is 9.94. The standard InChI is InChI=1S/C12H18N4/c1-9-13-6-4-12(15-9)16-7-10-3-2-5-14-11(10)8-16/h4,6,10-11,14H,2-3,5,7-8H2,1H3. The van der Waals surface area contributed by atoms with Crippen LogP contribution in [0.4, 0.5) is 5.82 Å². The Morgan fingerprint density at radius 2 is 2.38 bits per heavy atom. The van der Waals surface area contributed by atoms with E-state index in [1.54, 1.807) is 0 Å². The second-order valence-electron chi connectivity index (χ2n) is 4.83. The van der Waals surface area contributed by atoms with Crippen LogP contribution in [0, 0.1) is 12.8 Å². The van der Waals surface area contributed by atoms with Gasteiger partial charge in [-0.25, -0.2) is 9.97 Å². The van der Waals surface area contributed by atoms with Gasteiger partial charge in [0.05, 0.1) is 0 Å². The third-order valence-electron chi connectivity index (χ3n) is 3.68. The molecular formula is C12H18N4. The molecule has 4 heteroatoms. The predicted octanol–water partition coefficient (Wildman–Crippen LogP) is 0.973. The monoisotopic (exact) mass is 218 g/mol. The fourth-order valence-electron chi connectivity index (χ4n) is 2.85. The Balaban J connectivity index is 1.77. The van der Waals surface area contributed by atoms with Crippen molar-refractivity contribution in [3.8, 4) is 0 Å². The molecule has 1 N–H and O–H groups in total. The average Bonchev–Trinajstić information content (AvgIpc) is 2.72. The van der Waals surface area contributed by atoms with Crippen LogP contribution in [-0.4, -0.2) is 35.6 Å². The largest absolute Gasteiger partial charge is 0.355 e. The molecule has 0 amide bonds. The van der Waals surface area contributed by atoms with Crippen LogP contribution in [0.1, 0.15) is 18.7 Å². The summed E-state index contributed by atoms with van der Waals surface area (Å²) in [5.41, 5.74) is 0. The molecule has 3 rings (SSSR count). The highest BCUT2D eigenvalue weighted by molar-refractivity contribution is 5.39. The van der Waals surface area contributed by atoms with E-state index in [1.165, 1.54) is 19.4 Å². The number of hydrogen-bond donors (Lipinski definition) is 1. The molecule has 1 aromatic rings. The Bertz CT molecular complexity index is 365. The normalized spacial score (nSPS) is 29.2. The molecule has 0 spiro atoms. The molecule has 2 atom stereocenters. The number of hydrogen-bond acceptors (Lipinski definition) is 4. The van der Waals surface area contributed by atoms with Crippen molar-refractivity contribution in [1.29, 1.82) is 0 Å². The van der Waals surface area contributed by atoms with Gasteiger partial charge in [0.2, 0.25) is 0 Å². The Labute approximate surface area is 96.1 Å². The number of rotatable bonds is 1. The molecule has 3 heterocycles. The van der Waals surface area contributed by atoms with Gasteiger partial charge in [0.25, 0.3) is 0 Å². The zero-order valence-corrected chi connectivity index (χ0v) is 9.69. The van der Waals surface area contributed by atoms with E-state index in [1.807, 2.05) is 19.2 Å². The number of piperidine rings is 1. The molecule has 4 nitrogen and oxygen atoms in total. The maximum Gasteiger partial charge on any atom is 0.132 e. The Morgan fingerprint density at radius 3 is 3.19 bits per heavy atom. The SMILES string of the molecule is Cc1nccc(N2CC3CCCNC3C2)n1. The summed E-state index contributed by atoms with van der Waals surface area (Å²) < 4.78 is 0. The van der Waals surface area contributed by atoms with Gasteiger partial charge in [0.15, 0.2) is 0 Å². The number of anilines is 1. The molecule has 16 heavy (non-hydrogen) atoms. The van der Waals surface area contributed by atoms with Crippen LogP contribution < -0.4 is 10.2 Å². The first-order valence-electron chi connectivity index (χ1n) is 6.11. The van der Waals surface area contributed by atoms with Crippen molar-refractivity contribution < 1.29 is 0 Å². The van der Waals surface area contributed by atoms with Crippen LogP contribution in [0.3, 0.4) is 0 Å². The molecule has 0 radical (unpaired) electrons. The minimum Gasteiger partial charge on any atom is -0.355 e. The van der Waals surface area contributed by atoms with Gasteiger partial charge in [-0.1, -0.05) is 0 Å². The molecule has 2 fully saturated rings. The molecule has 2 aliphatic rings. The van der Waals surface area contributed by atoms with E-state index < -0.39 is 0 Å². The number of fused-ring (bicyclic) bond motifs is 1. The Kier molecular flexibility index (Phi) is 2.52. The fraction of sp³-hybridized carbons (Fsp3) is 0.667. The van der Waals surface area contributed by atoms with Crippen molar-refractivity contribution in [1.82, 2.24) is 15.3 Å². The number of aryl methyl sites for hydroxylation is 1. The zero-order chi connectivity index (χ0) is 11.0. The summed E-state index contributed by atoms with van der Waals surface area (Å²) in [6.45, 7) is 5.37. The molecule has 0 aliphatic carbocycles. The highest BCUT2D eigenvalue weighted by Crippen LogP contribution is 2.27. The van der Waals surface area contributed by atoms with E-state index in [-0.39, 0.29) is 0 Å². The minimum absolute atomic E-state index is 0.670. The summed E-state index contributed by atoms with van der Waals surface area (Å²) in [4.78, 5) is 11.0. The minimum atomic E-state index is 0.670. The van der Waals surface area contributed by atoms with Gasteiger partial charge in [-0.3, -0.25) is 0 Å². The number of nitrogens with zero attached hydrogens (tertiary/aromatic N) is 3. The average molecular weight is 218 g/mol. The summed E-state index contributed by atoms with van der Waals surface area (Å²) in [5, 5.41) is 3.61. The smallest absolute Gasteiger partial charge is 0.132 e. The number of aromatic nitrogens is 2. The van der Waals surface area contributed by atoms with Gasteiger partial charge < -0.3 is 10.2 Å². The number of nitrogens with one attached hydrogen (secondary N) is 1. The third-order valence-corrected chi connectivity index (χ3v) is 3.68. The molecule has 2 saturated heterocycles. The van der Waals surface area contributed by atoms with Gasteiger partial charge in [-0.2, -0.15) is 0 Å². The Morgan fingerprint density at radius 1 is 1.44 bits per heavy atom. The van der Waals surface area contributed by atoms with Gasteiger partial charge in [0.1, 0.15) is 11.6 Å². The van der Waals surface area contributed by atoms with Crippen molar-refractivity contribution in [2.24, 2.45) is 5.92 Å². The lowest BCUT2D eigenvalue weighted by Crippen LogP contribution is -2.40. The van der Waals surface area contributed by atoms with E-state index in [2.05, 4.69) is 20.2 Å². The summed E-state index contributed by atoms with van der Waals surface area (Å²) >= 11 is 0. The molecule has 2 unspecified atom stereocenters. The van der Waals surface area contributed by atoms with E-state index in [0.29, 0.717) is 6.04 Å². The maximum atomic E-state index is 4.50. The predicted molar refractivity (Wildman–Crippen MR) is 63.5 cm³/mol. The van der Waals surface area contributed by atoms with Crippen molar-refractivity contribution in [3.63, 3.8) is 0 Å². The highest BCUT2D eigenvalue weighted by atomic mass is 15.2. The first-order valence-corrected chi connectivity index (χ1v) is 6.11. The second kappa shape index (κ2) is 4.01. The molecule has 86 valence electrons. The van der Waals surface area contributed by atoms with Crippen molar-refractivity contribution in [2.75, 3.05) is 24.5 Å². The second-order valence-corrected chi connectivity index (χ2v) is 4.83. The fourth-order valence-corrected chi connectivity index (χ4v) is 2.85. The van der Waals surface area contributed by atoms with E-state index >= 15 is 0 Å².